The minimum atomic E-state index is 0.302. The molecule has 0 bridgehead atoms. The summed E-state index contributed by atoms with van der Waals surface area (Å²) < 4.78 is 16.2. The van der Waals surface area contributed by atoms with E-state index in [4.69, 9.17) is 25.4 Å². The maximum Gasteiger partial charge on any atom is 0.203 e. The number of amidine groups is 1. The highest BCUT2D eigenvalue weighted by molar-refractivity contribution is 8.26. The van der Waals surface area contributed by atoms with Gasteiger partial charge in [0.15, 0.2) is 22.5 Å². The zero-order chi connectivity index (χ0) is 24.1. The Hall–Kier alpha value is -3.53. The van der Waals surface area contributed by atoms with Gasteiger partial charge in [0, 0.05) is 23.7 Å². The minimum Gasteiger partial charge on any atom is -0.493 e. The second-order valence-electron chi connectivity index (χ2n) is 7.87. The second kappa shape index (κ2) is 10.6. The molecule has 1 fully saturated rings. The van der Waals surface area contributed by atoms with Crippen LogP contribution in [0.2, 0.25) is 0 Å². The smallest absolute Gasteiger partial charge is 0.203 e. The predicted molar refractivity (Wildman–Crippen MR) is 137 cm³/mol. The van der Waals surface area contributed by atoms with E-state index >= 15 is 0 Å². The van der Waals surface area contributed by atoms with Gasteiger partial charge in [-0.25, -0.2) is 9.98 Å². The Kier molecular flexibility index (Phi) is 7.36. The lowest BCUT2D eigenvalue weighted by Gasteiger charge is -2.15. The molecule has 1 aliphatic rings. The summed E-state index contributed by atoms with van der Waals surface area (Å²) in [6.45, 7) is 0. The Bertz CT molecular complexity index is 1200. The van der Waals surface area contributed by atoms with Crippen LogP contribution in [-0.4, -0.2) is 41.5 Å². The van der Waals surface area contributed by atoms with Crippen molar-refractivity contribution in [3.8, 4) is 17.2 Å². The number of nitrogens with one attached hydrogen (secondary N) is 2. The molecule has 2 aromatic heterocycles. The molecule has 9 nitrogen and oxygen atoms in total. The fourth-order valence-corrected chi connectivity index (χ4v) is 4.73. The summed E-state index contributed by atoms with van der Waals surface area (Å²) in [6.07, 6.45) is 6.19. The SMILES string of the molecule is COc1cc(Nc2cnc3ccc(N=C(N)SC(=N)C4CCCC4)nc3c2)cc(OC)c1OC. The standard InChI is InChI=1S/C24H28N6O3S/c1-31-19-11-15(12-20(32-2)22(19)33-3)28-16-10-18-17(27-13-16)8-9-21(29-18)30-24(26)34-23(25)14-6-4-5-7-14/h8-14,25,28H,4-7H2,1-3H3,(H2,26,29,30). The van der Waals surface area contributed by atoms with E-state index in [0.717, 1.165) is 29.7 Å². The summed E-state index contributed by atoms with van der Waals surface area (Å²) in [5.74, 6) is 2.39. The number of anilines is 2. The topological polar surface area (TPSA) is 128 Å². The normalized spacial score (nSPS) is 14.3. The van der Waals surface area contributed by atoms with E-state index in [9.17, 15) is 0 Å². The Morgan fingerprint density at radius 1 is 1.03 bits per heavy atom. The van der Waals surface area contributed by atoms with E-state index in [1.807, 2.05) is 24.3 Å². The molecule has 0 atom stereocenters. The van der Waals surface area contributed by atoms with Gasteiger partial charge in [-0.05, 0) is 42.8 Å². The molecule has 0 saturated heterocycles. The molecule has 4 rings (SSSR count). The molecular weight excluding hydrogens is 452 g/mol. The van der Waals surface area contributed by atoms with Gasteiger partial charge in [-0.3, -0.25) is 10.4 Å². The number of pyridine rings is 2. The lowest BCUT2D eigenvalue weighted by atomic mass is 10.1. The monoisotopic (exact) mass is 480 g/mol. The van der Waals surface area contributed by atoms with Crippen LogP contribution in [0.25, 0.3) is 11.0 Å². The number of hydrogen-bond donors (Lipinski definition) is 3. The predicted octanol–water partition coefficient (Wildman–Crippen LogP) is 5.25. The average Bonchev–Trinajstić information content (AvgIpc) is 3.38. The van der Waals surface area contributed by atoms with Crippen LogP contribution in [-0.2, 0) is 0 Å². The first-order valence-electron chi connectivity index (χ1n) is 10.9. The molecule has 34 heavy (non-hydrogen) atoms. The summed E-state index contributed by atoms with van der Waals surface area (Å²) in [4.78, 5) is 13.5. The molecule has 1 aliphatic carbocycles. The van der Waals surface area contributed by atoms with E-state index in [0.29, 0.717) is 44.7 Å². The van der Waals surface area contributed by atoms with E-state index < -0.39 is 0 Å². The van der Waals surface area contributed by atoms with E-state index in [1.54, 1.807) is 33.6 Å². The number of ether oxygens (including phenoxy) is 3. The summed E-state index contributed by atoms with van der Waals surface area (Å²) in [5, 5.41) is 12.5. The first-order valence-corrected chi connectivity index (χ1v) is 11.8. The van der Waals surface area contributed by atoms with Crippen molar-refractivity contribution in [2.75, 3.05) is 26.6 Å². The Balaban J connectivity index is 1.55. The van der Waals surface area contributed by atoms with Gasteiger partial charge in [0.05, 0.1) is 49.3 Å². The maximum absolute atomic E-state index is 8.27. The van der Waals surface area contributed by atoms with Gasteiger partial charge in [-0.15, -0.1) is 0 Å². The number of aliphatic imine (C=N–C) groups is 1. The molecule has 0 aliphatic heterocycles. The largest absolute Gasteiger partial charge is 0.493 e. The zero-order valence-electron chi connectivity index (χ0n) is 19.4. The van der Waals surface area contributed by atoms with Crippen molar-refractivity contribution in [3.05, 3.63) is 36.5 Å². The van der Waals surface area contributed by atoms with Crippen molar-refractivity contribution in [3.63, 3.8) is 0 Å². The fourth-order valence-electron chi connectivity index (χ4n) is 3.97. The average molecular weight is 481 g/mol. The molecule has 0 spiro atoms. The van der Waals surface area contributed by atoms with Crippen molar-refractivity contribution in [1.29, 1.82) is 5.41 Å². The second-order valence-corrected chi connectivity index (χ2v) is 8.93. The van der Waals surface area contributed by atoms with Crippen LogP contribution in [0.4, 0.5) is 17.2 Å². The molecule has 0 unspecified atom stereocenters. The van der Waals surface area contributed by atoms with E-state index in [2.05, 4.69) is 20.3 Å². The number of nitrogens with zero attached hydrogens (tertiary/aromatic N) is 3. The van der Waals surface area contributed by atoms with Crippen molar-refractivity contribution in [2.24, 2.45) is 16.6 Å². The van der Waals surface area contributed by atoms with Gasteiger partial charge in [0.2, 0.25) is 5.75 Å². The van der Waals surface area contributed by atoms with Gasteiger partial charge < -0.3 is 25.3 Å². The number of fused-ring (bicyclic) bond motifs is 1. The molecular formula is C24H28N6O3S. The Labute approximate surface area is 202 Å². The third-order valence-electron chi connectivity index (χ3n) is 5.64. The number of rotatable bonds is 7. The van der Waals surface area contributed by atoms with Crippen LogP contribution >= 0.6 is 11.8 Å². The van der Waals surface area contributed by atoms with Crippen molar-refractivity contribution in [1.82, 2.24) is 9.97 Å². The number of nitrogens with two attached hydrogens (primary N) is 1. The highest BCUT2D eigenvalue weighted by atomic mass is 32.2. The van der Waals surface area contributed by atoms with Crippen molar-refractivity contribution in [2.45, 2.75) is 25.7 Å². The van der Waals surface area contributed by atoms with Crippen LogP contribution in [0.5, 0.6) is 17.2 Å². The van der Waals surface area contributed by atoms with E-state index in [1.165, 1.54) is 24.6 Å². The van der Waals surface area contributed by atoms with Gasteiger partial charge in [0.25, 0.3) is 0 Å². The van der Waals surface area contributed by atoms with Gasteiger partial charge in [-0.1, -0.05) is 12.8 Å². The number of benzene rings is 1. The van der Waals surface area contributed by atoms with Crippen LogP contribution < -0.4 is 25.3 Å². The van der Waals surface area contributed by atoms with E-state index in [-0.39, 0.29) is 0 Å². The molecule has 178 valence electrons. The zero-order valence-corrected chi connectivity index (χ0v) is 20.2. The highest BCUT2D eigenvalue weighted by Gasteiger charge is 2.21. The first kappa shape index (κ1) is 23.6. The van der Waals surface area contributed by atoms with Crippen LogP contribution in [0.1, 0.15) is 25.7 Å². The molecule has 0 amide bonds. The highest BCUT2D eigenvalue weighted by Crippen LogP contribution is 2.40. The number of aromatic nitrogens is 2. The first-order chi connectivity index (χ1) is 16.5. The Morgan fingerprint density at radius 3 is 2.38 bits per heavy atom. The fraction of sp³-hybridized carbons (Fsp3) is 0.333. The maximum atomic E-state index is 8.27. The third-order valence-corrected chi connectivity index (χ3v) is 6.49. The van der Waals surface area contributed by atoms with Gasteiger partial charge in [-0.2, -0.15) is 0 Å². The third kappa shape index (κ3) is 5.33. The minimum absolute atomic E-state index is 0.302. The lowest BCUT2D eigenvalue weighted by Crippen LogP contribution is -2.14. The lowest BCUT2D eigenvalue weighted by molar-refractivity contribution is 0.324. The quantitative estimate of drug-likeness (QED) is 0.309. The van der Waals surface area contributed by atoms with Gasteiger partial charge >= 0.3 is 0 Å². The van der Waals surface area contributed by atoms with Crippen molar-refractivity contribution >= 4 is 50.2 Å². The number of methoxy groups -OCH3 is 3. The molecule has 3 aromatic rings. The van der Waals surface area contributed by atoms with Crippen LogP contribution in [0, 0.1) is 11.3 Å². The summed E-state index contributed by atoms with van der Waals surface area (Å²) in [5.41, 5.74) is 8.99. The molecule has 1 aromatic carbocycles. The van der Waals surface area contributed by atoms with Gasteiger partial charge in [0.1, 0.15) is 0 Å². The Morgan fingerprint density at radius 2 is 1.74 bits per heavy atom. The molecule has 2 heterocycles. The van der Waals surface area contributed by atoms with Crippen LogP contribution in [0.3, 0.4) is 0 Å². The number of hydrogen-bond acceptors (Lipinski definition) is 9. The molecule has 1 saturated carbocycles. The van der Waals surface area contributed by atoms with Crippen molar-refractivity contribution < 1.29 is 14.2 Å². The molecule has 0 radical (unpaired) electrons. The number of thioether (sulfide) groups is 1. The summed E-state index contributed by atoms with van der Waals surface area (Å²) in [7, 11) is 4.71. The van der Waals surface area contributed by atoms with Crippen LogP contribution in [0.15, 0.2) is 41.5 Å². The summed E-state index contributed by atoms with van der Waals surface area (Å²) in [6, 6.07) is 9.14. The summed E-state index contributed by atoms with van der Waals surface area (Å²) >= 11 is 1.22. The molecule has 10 heteroatoms. The molecule has 4 N–H and O–H groups in total.